The number of rotatable bonds is 1. The Morgan fingerprint density at radius 3 is 2.86 bits per heavy atom. The molecule has 2 unspecified atom stereocenters. The van der Waals surface area contributed by atoms with Crippen molar-refractivity contribution in [2.75, 3.05) is 11.9 Å². The number of ketones is 1. The number of Topliss-reactive ketones (excluding diaryl/α,β-unsaturated/α-hetero) is 1. The molecule has 1 N–H and O–H groups in total. The molecular formula is C17H21FN2O2. The van der Waals surface area contributed by atoms with Crippen LogP contribution in [0, 0.1) is 18.7 Å². The number of hydrogen-bond acceptors (Lipinski definition) is 2. The Morgan fingerprint density at radius 1 is 1.32 bits per heavy atom. The minimum Gasteiger partial charge on any atom is -0.320 e. The van der Waals surface area contributed by atoms with Crippen LogP contribution in [-0.4, -0.2) is 29.3 Å². The number of halogens is 1. The second kappa shape index (κ2) is 6.07. The third-order valence-corrected chi connectivity index (χ3v) is 4.81. The molecular weight excluding hydrogens is 283 g/mol. The van der Waals surface area contributed by atoms with Crippen LogP contribution in [0.4, 0.5) is 14.9 Å². The van der Waals surface area contributed by atoms with Gasteiger partial charge in [-0.15, -0.1) is 0 Å². The molecule has 1 aliphatic carbocycles. The van der Waals surface area contributed by atoms with Crippen molar-refractivity contribution in [3.63, 3.8) is 0 Å². The molecule has 0 aromatic heterocycles. The summed E-state index contributed by atoms with van der Waals surface area (Å²) in [6, 6.07) is 4.38. The molecule has 1 aliphatic heterocycles. The maximum atomic E-state index is 13.3. The molecule has 0 bridgehead atoms. The summed E-state index contributed by atoms with van der Waals surface area (Å²) in [5.41, 5.74) is 1.09. The molecule has 3 rings (SSSR count). The van der Waals surface area contributed by atoms with Crippen molar-refractivity contribution in [3.05, 3.63) is 29.6 Å². The number of nitrogens with zero attached hydrogens (tertiary/aromatic N) is 1. The summed E-state index contributed by atoms with van der Waals surface area (Å²) in [7, 11) is 0. The summed E-state index contributed by atoms with van der Waals surface area (Å²) < 4.78 is 13.3. The van der Waals surface area contributed by atoms with Crippen LogP contribution < -0.4 is 5.32 Å². The van der Waals surface area contributed by atoms with E-state index in [0.717, 1.165) is 25.7 Å². The number of hydrogen-bond donors (Lipinski definition) is 1. The van der Waals surface area contributed by atoms with Crippen LogP contribution >= 0.6 is 0 Å². The summed E-state index contributed by atoms with van der Waals surface area (Å²) in [4.78, 5) is 26.4. The molecule has 1 heterocycles. The second-order valence-corrected chi connectivity index (χ2v) is 6.26. The lowest BCUT2D eigenvalue weighted by molar-refractivity contribution is -0.129. The molecule has 2 fully saturated rings. The minimum atomic E-state index is -0.283. The molecule has 2 amide bonds. The monoisotopic (exact) mass is 304 g/mol. The smallest absolute Gasteiger partial charge is 0.320 e. The van der Waals surface area contributed by atoms with E-state index in [-0.39, 0.29) is 23.8 Å². The third kappa shape index (κ3) is 2.85. The van der Waals surface area contributed by atoms with Crippen molar-refractivity contribution in [1.82, 2.24) is 4.90 Å². The summed E-state index contributed by atoms with van der Waals surface area (Å²) in [5, 5.41) is 2.84. The highest BCUT2D eigenvalue weighted by atomic mass is 19.1. The second-order valence-electron chi connectivity index (χ2n) is 6.26. The largest absolute Gasteiger partial charge is 0.322 e. The molecule has 0 radical (unpaired) electrons. The highest BCUT2D eigenvalue weighted by Crippen LogP contribution is 2.33. The van der Waals surface area contributed by atoms with Crippen LogP contribution in [0.2, 0.25) is 0 Å². The van der Waals surface area contributed by atoms with E-state index in [4.69, 9.17) is 0 Å². The number of piperidine rings is 1. The van der Waals surface area contributed by atoms with Gasteiger partial charge in [-0.05, 0) is 43.5 Å². The van der Waals surface area contributed by atoms with E-state index in [2.05, 4.69) is 5.32 Å². The summed E-state index contributed by atoms with van der Waals surface area (Å²) >= 11 is 0. The molecule has 5 heteroatoms. The van der Waals surface area contributed by atoms with Crippen molar-refractivity contribution in [2.24, 2.45) is 5.92 Å². The minimum absolute atomic E-state index is 0.00297. The third-order valence-electron chi connectivity index (χ3n) is 4.81. The van der Waals surface area contributed by atoms with Gasteiger partial charge < -0.3 is 10.2 Å². The van der Waals surface area contributed by atoms with Crippen molar-refractivity contribution >= 4 is 17.5 Å². The summed E-state index contributed by atoms with van der Waals surface area (Å²) in [5.74, 6) is 0.0171. The van der Waals surface area contributed by atoms with E-state index >= 15 is 0 Å². The van der Waals surface area contributed by atoms with Crippen LogP contribution in [-0.2, 0) is 4.79 Å². The number of likely N-dealkylation sites (tertiary alicyclic amines) is 1. The first-order chi connectivity index (χ1) is 10.6. The van der Waals surface area contributed by atoms with Gasteiger partial charge >= 0.3 is 6.03 Å². The number of benzene rings is 1. The van der Waals surface area contributed by atoms with E-state index in [0.29, 0.717) is 30.0 Å². The number of anilines is 1. The van der Waals surface area contributed by atoms with Gasteiger partial charge in [0, 0.05) is 30.6 Å². The average Bonchev–Trinajstić information content (AvgIpc) is 2.51. The fourth-order valence-corrected chi connectivity index (χ4v) is 3.61. The van der Waals surface area contributed by atoms with Gasteiger partial charge in [-0.25, -0.2) is 9.18 Å². The number of carbonyl (C=O) groups excluding carboxylic acids is 2. The maximum absolute atomic E-state index is 13.3. The predicted octanol–water partition coefficient (Wildman–Crippen LogP) is 3.50. The first-order valence-electron chi connectivity index (χ1n) is 7.93. The molecule has 2 atom stereocenters. The topological polar surface area (TPSA) is 49.4 Å². The Balaban J connectivity index is 1.73. The molecule has 118 valence electrons. The number of urea groups is 1. The first-order valence-corrected chi connectivity index (χ1v) is 7.93. The molecule has 1 aromatic rings. The molecule has 0 spiro atoms. The van der Waals surface area contributed by atoms with Crippen LogP contribution in [0.15, 0.2) is 18.2 Å². The van der Waals surface area contributed by atoms with Crippen LogP contribution in [0.3, 0.4) is 0 Å². The Morgan fingerprint density at radius 2 is 2.09 bits per heavy atom. The molecule has 1 aromatic carbocycles. The fraction of sp³-hybridized carbons (Fsp3) is 0.529. The Labute approximate surface area is 129 Å². The van der Waals surface area contributed by atoms with Gasteiger partial charge in [0.1, 0.15) is 11.6 Å². The van der Waals surface area contributed by atoms with E-state index < -0.39 is 0 Å². The Bertz CT molecular complexity index is 602. The molecule has 4 nitrogen and oxygen atoms in total. The Kier molecular flexibility index (Phi) is 4.14. The lowest BCUT2D eigenvalue weighted by Crippen LogP contribution is -2.54. The molecule has 22 heavy (non-hydrogen) atoms. The number of amides is 2. The van der Waals surface area contributed by atoms with Crippen molar-refractivity contribution in [2.45, 2.75) is 45.1 Å². The molecule has 1 saturated carbocycles. The van der Waals surface area contributed by atoms with E-state index in [1.165, 1.54) is 6.07 Å². The summed E-state index contributed by atoms with van der Waals surface area (Å²) in [6.07, 6.45) is 4.36. The highest BCUT2D eigenvalue weighted by molar-refractivity contribution is 5.92. The number of carbonyl (C=O) groups is 2. The first kappa shape index (κ1) is 15.0. The van der Waals surface area contributed by atoms with Crippen molar-refractivity contribution in [3.8, 4) is 0 Å². The van der Waals surface area contributed by atoms with Gasteiger partial charge in [-0.1, -0.05) is 12.8 Å². The van der Waals surface area contributed by atoms with Gasteiger partial charge in [0.05, 0.1) is 0 Å². The molecule has 1 saturated heterocycles. The van der Waals surface area contributed by atoms with Gasteiger partial charge in [-0.2, -0.15) is 0 Å². The number of fused-ring (bicyclic) bond motifs is 1. The lowest BCUT2D eigenvalue weighted by Gasteiger charge is -2.42. The fourth-order valence-electron chi connectivity index (χ4n) is 3.61. The standard InChI is InChI=1S/C17H21FN2O2/c1-11-10-12(6-7-14(11)18)19-17(22)20-9-8-16(21)13-4-2-3-5-15(13)20/h6-7,10,13,15H,2-5,8-9H2,1H3,(H,19,22). The SMILES string of the molecule is Cc1cc(NC(=O)N2CCC(=O)C3CCCCC32)ccc1F. The quantitative estimate of drug-likeness (QED) is 0.863. The van der Waals surface area contributed by atoms with Crippen LogP contribution in [0.1, 0.15) is 37.7 Å². The zero-order chi connectivity index (χ0) is 15.7. The normalized spacial score (nSPS) is 24.8. The summed E-state index contributed by atoms with van der Waals surface area (Å²) in [6.45, 7) is 2.15. The maximum Gasteiger partial charge on any atom is 0.322 e. The predicted molar refractivity (Wildman–Crippen MR) is 82.2 cm³/mol. The van der Waals surface area contributed by atoms with Gasteiger partial charge in [0.25, 0.3) is 0 Å². The van der Waals surface area contributed by atoms with E-state index in [1.54, 1.807) is 24.0 Å². The van der Waals surface area contributed by atoms with E-state index in [9.17, 15) is 14.0 Å². The van der Waals surface area contributed by atoms with Crippen LogP contribution in [0.5, 0.6) is 0 Å². The van der Waals surface area contributed by atoms with Gasteiger partial charge in [-0.3, -0.25) is 4.79 Å². The zero-order valence-corrected chi connectivity index (χ0v) is 12.8. The van der Waals surface area contributed by atoms with Crippen molar-refractivity contribution in [1.29, 1.82) is 0 Å². The van der Waals surface area contributed by atoms with E-state index in [1.807, 2.05) is 0 Å². The number of aryl methyl sites for hydroxylation is 1. The number of nitrogens with one attached hydrogen (secondary N) is 1. The highest BCUT2D eigenvalue weighted by Gasteiger charge is 2.40. The van der Waals surface area contributed by atoms with Crippen molar-refractivity contribution < 1.29 is 14.0 Å². The van der Waals surface area contributed by atoms with Crippen LogP contribution in [0.25, 0.3) is 0 Å². The zero-order valence-electron chi connectivity index (χ0n) is 12.8. The molecule has 2 aliphatic rings. The average molecular weight is 304 g/mol. The lowest BCUT2D eigenvalue weighted by atomic mass is 9.77. The van der Waals surface area contributed by atoms with Gasteiger partial charge in [0.15, 0.2) is 0 Å². The Hall–Kier alpha value is -1.91. The van der Waals surface area contributed by atoms with Gasteiger partial charge in [0.2, 0.25) is 0 Å².